The molecule has 0 fully saturated rings. The second-order valence-electron chi connectivity index (χ2n) is 15.5. The number of hydrogen-bond acceptors (Lipinski definition) is 10. The summed E-state index contributed by atoms with van der Waals surface area (Å²) < 4.78 is 2.16. The molecule has 11 rings (SSSR count). The van der Waals surface area contributed by atoms with Crippen molar-refractivity contribution in [2.24, 2.45) is 0 Å². The minimum absolute atomic E-state index is 0.475. The fourth-order valence-electron chi connectivity index (χ4n) is 8.14. The summed E-state index contributed by atoms with van der Waals surface area (Å²) >= 11 is 0. The van der Waals surface area contributed by atoms with Gasteiger partial charge >= 0.3 is 0 Å². The smallest absolute Gasteiger partial charge is 0.165 e. The molecule has 0 aliphatic rings. The normalized spacial score (nSPS) is 11.2. The molecule has 4 heterocycles. The third-order valence-corrected chi connectivity index (χ3v) is 11.2. The standard InChI is InChI=1S/C54H35N11/c1-33-56-34(2)58-54(57-33)44-26-23-35(32-55)29-45(44)65-46-30-40(52-61-48(36-15-7-3-8-16-36)59-49(62-52)37-17-9-4-10-18-37)24-27-42(46)43-28-25-41(31-47(43)65)53-63-50(38-19-11-5-12-20-38)60-51(64-53)39-21-13-6-14-22-39/h3-31H,1-2H3. The van der Waals surface area contributed by atoms with E-state index >= 15 is 0 Å². The van der Waals surface area contributed by atoms with E-state index in [0.29, 0.717) is 63.7 Å². The number of fused-ring (bicyclic) bond motifs is 3. The second-order valence-corrected chi connectivity index (χ2v) is 15.5. The lowest BCUT2D eigenvalue weighted by Crippen LogP contribution is -2.04. The first-order valence-electron chi connectivity index (χ1n) is 21.0. The molecule has 0 saturated heterocycles. The lowest BCUT2D eigenvalue weighted by Gasteiger charge is -2.15. The number of rotatable bonds is 8. The van der Waals surface area contributed by atoms with Crippen LogP contribution >= 0.6 is 0 Å². The van der Waals surface area contributed by atoms with Crippen molar-refractivity contribution in [1.29, 1.82) is 5.26 Å². The molecule has 306 valence electrons. The van der Waals surface area contributed by atoms with Gasteiger partial charge in [0.05, 0.1) is 28.4 Å². The molecule has 7 aromatic carbocycles. The summed E-state index contributed by atoms with van der Waals surface area (Å²) in [7, 11) is 0. The Bertz CT molecular complexity index is 3310. The van der Waals surface area contributed by atoms with E-state index in [4.69, 9.17) is 39.9 Å². The lowest BCUT2D eigenvalue weighted by atomic mass is 10.1. The van der Waals surface area contributed by atoms with E-state index in [-0.39, 0.29) is 0 Å². The zero-order valence-electron chi connectivity index (χ0n) is 35.2. The van der Waals surface area contributed by atoms with Crippen LogP contribution in [0.15, 0.2) is 176 Å². The highest BCUT2D eigenvalue weighted by molar-refractivity contribution is 6.11. The molecular weight excluding hydrogens is 803 g/mol. The van der Waals surface area contributed by atoms with Crippen LogP contribution in [0, 0.1) is 25.2 Å². The number of nitriles is 1. The molecule has 0 spiro atoms. The summed E-state index contributed by atoms with van der Waals surface area (Å²) in [6.45, 7) is 3.70. The predicted octanol–water partition coefficient (Wildman–Crippen LogP) is 11.5. The highest BCUT2D eigenvalue weighted by Gasteiger charge is 2.22. The van der Waals surface area contributed by atoms with Gasteiger partial charge in [-0.2, -0.15) is 5.26 Å². The van der Waals surface area contributed by atoms with Crippen molar-refractivity contribution in [2.75, 3.05) is 0 Å². The molecule has 0 aliphatic carbocycles. The van der Waals surface area contributed by atoms with E-state index in [9.17, 15) is 5.26 Å². The van der Waals surface area contributed by atoms with E-state index in [0.717, 1.165) is 60.8 Å². The van der Waals surface area contributed by atoms with Gasteiger partial charge in [-0.25, -0.2) is 44.9 Å². The van der Waals surface area contributed by atoms with Crippen molar-refractivity contribution in [1.82, 2.24) is 49.4 Å². The van der Waals surface area contributed by atoms with E-state index in [1.165, 1.54) is 0 Å². The van der Waals surface area contributed by atoms with Crippen LogP contribution in [0.25, 0.3) is 107 Å². The molecule has 65 heavy (non-hydrogen) atoms. The van der Waals surface area contributed by atoms with Gasteiger partial charge in [0.15, 0.2) is 40.8 Å². The first-order valence-corrected chi connectivity index (χ1v) is 21.0. The maximum absolute atomic E-state index is 10.4. The third-order valence-electron chi connectivity index (χ3n) is 11.2. The Morgan fingerprint density at radius 2 is 0.723 bits per heavy atom. The van der Waals surface area contributed by atoms with Crippen LogP contribution in [0.4, 0.5) is 0 Å². The molecule has 0 bridgehead atoms. The molecule has 11 aromatic rings. The Kier molecular flexibility index (Phi) is 9.71. The van der Waals surface area contributed by atoms with Crippen LogP contribution in [0.3, 0.4) is 0 Å². The fourth-order valence-corrected chi connectivity index (χ4v) is 8.14. The molecule has 0 amide bonds. The van der Waals surface area contributed by atoms with E-state index < -0.39 is 0 Å². The zero-order chi connectivity index (χ0) is 43.9. The van der Waals surface area contributed by atoms with Gasteiger partial charge in [-0.1, -0.05) is 146 Å². The summed E-state index contributed by atoms with van der Waals surface area (Å²) in [5, 5.41) is 12.3. The SMILES string of the molecule is Cc1nc(C)nc(-c2ccc(C#N)cc2-n2c3cc(-c4nc(-c5ccccc5)nc(-c5ccccc5)n4)ccc3c3ccc(-c4nc(-c5ccccc5)nc(-c5ccccc5)n4)cc32)n1. The molecule has 0 saturated carbocycles. The summed E-state index contributed by atoms with van der Waals surface area (Å²) in [4.78, 5) is 44.2. The number of aryl methyl sites for hydroxylation is 2. The lowest BCUT2D eigenvalue weighted by molar-refractivity contribution is 0.926. The number of benzene rings is 7. The van der Waals surface area contributed by atoms with Gasteiger partial charge in [0.25, 0.3) is 0 Å². The van der Waals surface area contributed by atoms with E-state index in [1.54, 1.807) is 6.07 Å². The molecule has 0 unspecified atom stereocenters. The Labute approximate surface area is 373 Å². The third kappa shape index (κ3) is 7.41. The largest absolute Gasteiger partial charge is 0.308 e. The molecular formula is C54H35N11. The summed E-state index contributed by atoms with van der Waals surface area (Å²) in [6.07, 6.45) is 0. The second kappa shape index (κ2) is 16.3. The molecule has 0 N–H and O–H groups in total. The van der Waals surface area contributed by atoms with Gasteiger partial charge in [0, 0.05) is 49.7 Å². The molecule has 11 heteroatoms. The number of nitrogens with zero attached hydrogens (tertiary/aromatic N) is 11. The molecule has 0 atom stereocenters. The molecule has 11 nitrogen and oxygen atoms in total. The van der Waals surface area contributed by atoms with Gasteiger partial charge in [0.1, 0.15) is 11.6 Å². The number of hydrogen-bond donors (Lipinski definition) is 0. The van der Waals surface area contributed by atoms with Gasteiger partial charge in [-0.15, -0.1) is 0 Å². The Balaban J connectivity index is 1.19. The highest BCUT2D eigenvalue weighted by Crippen LogP contribution is 2.39. The zero-order valence-corrected chi connectivity index (χ0v) is 35.2. The fraction of sp³-hybridized carbons (Fsp3) is 0.0370. The monoisotopic (exact) mass is 837 g/mol. The average molecular weight is 838 g/mol. The Morgan fingerprint density at radius 3 is 1.09 bits per heavy atom. The Morgan fingerprint density at radius 1 is 0.354 bits per heavy atom. The molecule has 4 aromatic heterocycles. The minimum atomic E-state index is 0.475. The van der Waals surface area contributed by atoms with Crippen LogP contribution < -0.4 is 0 Å². The van der Waals surface area contributed by atoms with Crippen molar-refractivity contribution in [2.45, 2.75) is 13.8 Å². The van der Waals surface area contributed by atoms with Crippen LogP contribution in [0.5, 0.6) is 0 Å². The van der Waals surface area contributed by atoms with Crippen molar-refractivity contribution in [3.63, 3.8) is 0 Å². The minimum Gasteiger partial charge on any atom is -0.308 e. The first-order chi connectivity index (χ1) is 32.0. The van der Waals surface area contributed by atoms with Crippen molar-refractivity contribution >= 4 is 21.8 Å². The topological polar surface area (TPSA) is 145 Å². The summed E-state index contributed by atoms with van der Waals surface area (Å²) in [5.41, 5.74) is 8.67. The van der Waals surface area contributed by atoms with Crippen molar-refractivity contribution in [3.05, 3.63) is 193 Å². The summed E-state index contributed by atoms with van der Waals surface area (Å²) in [5.74, 6) is 4.94. The Hall–Kier alpha value is -9.14. The first kappa shape index (κ1) is 38.8. The van der Waals surface area contributed by atoms with Gasteiger partial charge < -0.3 is 4.57 Å². The van der Waals surface area contributed by atoms with Crippen LogP contribution in [-0.4, -0.2) is 49.4 Å². The van der Waals surface area contributed by atoms with Crippen LogP contribution in [-0.2, 0) is 0 Å². The quantitative estimate of drug-likeness (QED) is 0.145. The highest BCUT2D eigenvalue weighted by atomic mass is 15.1. The maximum Gasteiger partial charge on any atom is 0.165 e. The van der Waals surface area contributed by atoms with Crippen molar-refractivity contribution < 1.29 is 0 Å². The molecule has 0 radical (unpaired) electrons. The van der Waals surface area contributed by atoms with Gasteiger partial charge in [0.2, 0.25) is 0 Å². The average Bonchev–Trinajstić information content (AvgIpc) is 3.69. The number of aromatic nitrogens is 10. The van der Waals surface area contributed by atoms with E-state index in [1.807, 2.05) is 147 Å². The van der Waals surface area contributed by atoms with Crippen LogP contribution in [0.2, 0.25) is 0 Å². The molecule has 0 aliphatic heterocycles. The van der Waals surface area contributed by atoms with Crippen LogP contribution in [0.1, 0.15) is 17.2 Å². The maximum atomic E-state index is 10.4. The predicted molar refractivity (Wildman–Crippen MR) is 253 cm³/mol. The van der Waals surface area contributed by atoms with E-state index in [2.05, 4.69) is 52.0 Å². The van der Waals surface area contributed by atoms with Gasteiger partial charge in [-0.05, 0) is 44.2 Å². The summed E-state index contributed by atoms with van der Waals surface area (Å²) in [6, 6.07) is 60.2. The van der Waals surface area contributed by atoms with Crippen molar-refractivity contribution in [3.8, 4) is 91.5 Å². The van der Waals surface area contributed by atoms with Gasteiger partial charge in [-0.3, -0.25) is 0 Å².